The second kappa shape index (κ2) is 6.43. The summed E-state index contributed by atoms with van der Waals surface area (Å²) in [7, 11) is 0. The number of halogens is 1. The molecule has 22 heavy (non-hydrogen) atoms. The molecule has 0 atom stereocenters. The molecule has 0 unspecified atom stereocenters. The van der Waals surface area contributed by atoms with Crippen molar-refractivity contribution in [2.45, 2.75) is 57.7 Å². The first-order chi connectivity index (χ1) is 10.2. The molecule has 1 fully saturated rings. The van der Waals surface area contributed by atoms with Gasteiger partial charge in [-0.05, 0) is 58.2 Å². The van der Waals surface area contributed by atoms with Gasteiger partial charge in [-0.25, -0.2) is 0 Å². The molecule has 120 valence electrons. The van der Waals surface area contributed by atoms with Gasteiger partial charge in [0, 0.05) is 28.2 Å². The molecule has 0 aliphatic carbocycles. The zero-order valence-corrected chi connectivity index (χ0v) is 14.5. The smallest absolute Gasteiger partial charge is 0.244 e. The van der Waals surface area contributed by atoms with Gasteiger partial charge in [0.05, 0.1) is 0 Å². The minimum absolute atomic E-state index is 0.0200. The minimum Gasteiger partial charge on any atom is -0.350 e. The molecule has 1 amide bonds. The van der Waals surface area contributed by atoms with Gasteiger partial charge >= 0.3 is 0 Å². The van der Waals surface area contributed by atoms with E-state index in [1.165, 1.54) is 0 Å². The van der Waals surface area contributed by atoms with E-state index in [9.17, 15) is 4.79 Å². The van der Waals surface area contributed by atoms with Gasteiger partial charge in [0.15, 0.2) is 0 Å². The molecule has 0 radical (unpaired) electrons. The zero-order chi connectivity index (χ0) is 16.4. The van der Waals surface area contributed by atoms with Crippen molar-refractivity contribution in [1.82, 2.24) is 10.6 Å². The zero-order valence-electron chi connectivity index (χ0n) is 13.7. The molecular formula is C18H25ClN2O. The van der Waals surface area contributed by atoms with Crippen LogP contribution in [0.25, 0.3) is 6.08 Å². The fourth-order valence-corrected chi connectivity index (χ4v) is 3.65. The Kier molecular flexibility index (Phi) is 4.98. The highest BCUT2D eigenvalue weighted by atomic mass is 35.5. The summed E-state index contributed by atoms with van der Waals surface area (Å²) >= 11 is 6.08. The molecule has 2 rings (SSSR count). The summed E-state index contributed by atoms with van der Waals surface area (Å²) in [5.41, 5.74) is 0.892. The summed E-state index contributed by atoms with van der Waals surface area (Å²) in [6.07, 6.45) is 5.16. The van der Waals surface area contributed by atoms with Gasteiger partial charge in [0.25, 0.3) is 0 Å². The van der Waals surface area contributed by atoms with E-state index >= 15 is 0 Å². The first kappa shape index (κ1) is 17.0. The minimum atomic E-state index is -0.0709. The first-order valence-corrected chi connectivity index (χ1v) is 8.07. The SMILES string of the molecule is CC1(C)CC(NC(=O)C=Cc2ccccc2Cl)CC(C)(C)N1. The molecule has 2 N–H and O–H groups in total. The Labute approximate surface area is 138 Å². The van der Waals surface area contributed by atoms with Crippen LogP contribution >= 0.6 is 11.6 Å². The standard InChI is InChI=1S/C18H25ClN2O/c1-17(2)11-14(12-18(3,4)21-17)20-16(22)10-9-13-7-5-6-8-15(13)19/h5-10,14,21H,11-12H2,1-4H3,(H,20,22). The van der Waals surface area contributed by atoms with Gasteiger partial charge in [-0.15, -0.1) is 0 Å². The topological polar surface area (TPSA) is 41.1 Å². The van der Waals surface area contributed by atoms with Crippen LogP contribution in [0, 0.1) is 0 Å². The Bertz CT molecular complexity index is 562. The van der Waals surface area contributed by atoms with Crippen LogP contribution in [0.3, 0.4) is 0 Å². The highest BCUT2D eigenvalue weighted by molar-refractivity contribution is 6.32. The third kappa shape index (κ3) is 4.85. The highest BCUT2D eigenvalue weighted by Gasteiger charge is 2.37. The van der Waals surface area contributed by atoms with Crippen molar-refractivity contribution in [3.8, 4) is 0 Å². The number of amides is 1. The Morgan fingerprint density at radius 2 is 1.82 bits per heavy atom. The first-order valence-electron chi connectivity index (χ1n) is 7.69. The maximum Gasteiger partial charge on any atom is 0.244 e. The van der Waals surface area contributed by atoms with Crippen molar-refractivity contribution in [2.24, 2.45) is 0 Å². The van der Waals surface area contributed by atoms with E-state index in [0.29, 0.717) is 5.02 Å². The van der Waals surface area contributed by atoms with Crippen molar-refractivity contribution in [3.63, 3.8) is 0 Å². The van der Waals surface area contributed by atoms with Gasteiger partial charge in [-0.3, -0.25) is 4.79 Å². The number of nitrogens with one attached hydrogen (secondary N) is 2. The summed E-state index contributed by atoms with van der Waals surface area (Å²) < 4.78 is 0. The Morgan fingerprint density at radius 3 is 2.41 bits per heavy atom. The number of piperidine rings is 1. The molecule has 0 aromatic heterocycles. The number of rotatable bonds is 3. The van der Waals surface area contributed by atoms with Crippen LogP contribution in [0.5, 0.6) is 0 Å². The molecule has 4 heteroatoms. The van der Waals surface area contributed by atoms with Gasteiger partial charge in [-0.1, -0.05) is 29.8 Å². The van der Waals surface area contributed by atoms with Crippen LogP contribution in [0.4, 0.5) is 0 Å². The largest absolute Gasteiger partial charge is 0.350 e. The third-order valence-electron chi connectivity index (χ3n) is 3.86. The second-order valence-corrected chi connectivity index (χ2v) is 7.77. The Balaban J connectivity index is 1.99. The molecule has 0 bridgehead atoms. The number of carbonyl (C=O) groups is 1. The summed E-state index contributed by atoms with van der Waals surface area (Å²) in [5, 5.41) is 7.37. The van der Waals surface area contributed by atoms with Crippen LogP contribution < -0.4 is 10.6 Å². The predicted octanol–water partition coefficient (Wildman–Crippen LogP) is 3.78. The lowest BCUT2D eigenvalue weighted by atomic mass is 9.79. The maximum absolute atomic E-state index is 12.2. The Morgan fingerprint density at radius 1 is 1.23 bits per heavy atom. The number of hydrogen-bond donors (Lipinski definition) is 2. The highest BCUT2D eigenvalue weighted by Crippen LogP contribution is 2.28. The van der Waals surface area contributed by atoms with Crippen molar-refractivity contribution in [3.05, 3.63) is 40.9 Å². The molecule has 0 saturated carbocycles. The van der Waals surface area contributed by atoms with Crippen LogP contribution in [-0.2, 0) is 4.79 Å². The molecule has 1 aromatic rings. The molecular weight excluding hydrogens is 296 g/mol. The van der Waals surface area contributed by atoms with Crippen LogP contribution in [0.15, 0.2) is 30.3 Å². The van der Waals surface area contributed by atoms with E-state index in [4.69, 9.17) is 11.6 Å². The number of benzene rings is 1. The number of carbonyl (C=O) groups excluding carboxylic acids is 1. The Hall–Kier alpha value is -1.32. The molecule has 1 aliphatic heterocycles. The van der Waals surface area contributed by atoms with Gasteiger partial charge in [0.2, 0.25) is 5.91 Å². The molecule has 3 nitrogen and oxygen atoms in total. The second-order valence-electron chi connectivity index (χ2n) is 7.36. The van der Waals surface area contributed by atoms with E-state index in [2.05, 4.69) is 38.3 Å². The van der Waals surface area contributed by atoms with Crippen molar-refractivity contribution in [2.75, 3.05) is 0 Å². The third-order valence-corrected chi connectivity index (χ3v) is 4.20. The molecule has 1 heterocycles. The van der Waals surface area contributed by atoms with E-state index in [0.717, 1.165) is 18.4 Å². The monoisotopic (exact) mass is 320 g/mol. The lowest BCUT2D eigenvalue weighted by molar-refractivity contribution is -0.117. The summed E-state index contributed by atoms with van der Waals surface area (Å²) in [4.78, 5) is 12.2. The molecule has 0 spiro atoms. The summed E-state index contributed by atoms with van der Waals surface area (Å²) in [6, 6.07) is 7.66. The van der Waals surface area contributed by atoms with Gasteiger partial charge < -0.3 is 10.6 Å². The van der Waals surface area contributed by atoms with Crippen molar-refractivity contribution in [1.29, 1.82) is 0 Å². The summed E-state index contributed by atoms with van der Waals surface area (Å²) in [6.45, 7) is 8.69. The van der Waals surface area contributed by atoms with E-state index in [1.54, 1.807) is 12.2 Å². The van der Waals surface area contributed by atoms with Crippen molar-refractivity contribution < 1.29 is 4.79 Å². The van der Waals surface area contributed by atoms with Gasteiger partial charge in [0.1, 0.15) is 0 Å². The van der Waals surface area contributed by atoms with Crippen LogP contribution in [0.1, 0.15) is 46.1 Å². The summed E-state index contributed by atoms with van der Waals surface area (Å²) in [5.74, 6) is -0.0709. The molecule has 1 aliphatic rings. The van der Waals surface area contributed by atoms with Gasteiger partial charge in [-0.2, -0.15) is 0 Å². The fourth-order valence-electron chi connectivity index (χ4n) is 3.45. The average Bonchev–Trinajstić information content (AvgIpc) is 2.33. The average molecular weight is 321 g/mol. The fraction of sp³-hybridized carbons (Fsp3) is 0.500. The molecule has 1 aromatic carbocycles. The molecule has 1 saturated heterocycles. The lowest BCUT2D eigenvalue weighted by Crippen LogP contribution is -2.62. The quantitative estimate of drug-likeness (QED) is 0.832. The maximum atomic E-state index is 12.2. The van der Waals surface area contributed by atoms with E-state index in [-0.39, 0.29) is 23.0 Å². The van der Waals surface area contributed by atoms with E-state index < -0.39 is 0 Å². The van der Waals surface area contributed by atoms with Crippen LogP contribution in [0.2, 0.25) is 5.02 Å². The van der Waals surface area contributed by atoms with Crippen molar-refractivity contribution >= 4 is 23.6 Å². The van der Waals surface area contributed by atoms with Crippen LogP contribution in [-0.4, -0.2) is 23.0 Å². The number of hydrogen-bond acceptors (Lipinski definition) is 2. The lowest BCUT2D eigenvalue weighted by Gasteiger charge is -2.46. The predicted molar refractivity (Wildman–Crippen MR) is 92.9 cm³/mol. The normalized spacial score (nSPS) is 21.0. The van der Waals surface area contributed by atoms with E-state index in [1.807, 2.05) is 24.3 Å².